The third-order valence-electron chi connectivity index (χ3n) is 4.11. The Labute approximate surface area is 159 Å². The molecule has 0 unspecified atom stereocenters. The second-order valence-electron chi connectivity index (χ2n) is 5.75. The van der Waals surface area contributed by atoms with Crippen molar-refractivity contribution in [3.63, 3.8) is 0 Å². The molecule has 0 aliphatic rings. The molecule has 0 aliphatic carbocycles. The van der Waals surface area contributed by atoms with Crippen LogP contribution in [-0.2, 0) is 4.74 Å². The Morgan fingerprint density at radius 1 is 0.926 bits per heavy atom. The normalized spacial score (nSPS) is 10.5. The van der Waals surface area contributed by atoms with E-state index in [0.717, 1.165) is 11.3 Å². The fourth-order valence-electron chi connectivity index (χ4n) is 3.07. The molecule has 0 saturated carbocycles. The van der Waals surface area contributed by atoms with Crippen LogP contribution in [0.4, 0.5) is 0 Å². The summed E-state index contributed by atoms with van der Waals surface area (Å²) in [6.07, 6.45) is 0. The molecule has 3 aromatic rings. The number of carbonyl (C=O) groups is 1. The van der Waals surface area contributed by atoms with E-state index in [1.54, 1.807) is 6.92 Å². The summed E-state index contributed by atoms with van der Waals surface area (Å²) >= 11 is 0. The van der Waals surface area contributed by atoms with Gasteiger partial charge >= 0.3 is 5.97 Å². The summed E-state index contributed by atoms with van der Waals surface area (Å²) in [5.41, 5.74) is 2.78. The Morgan fingerprint density at radius 3 is 2.11 bits per heavy atom. The number of methoxy groups -OCH3 is 1. The second-order valence-corrected chi connectivity index (χ2v) is 5.75. The van der Waals surface area contributed by atoms with E-state index in [1.807, 2.05) is 72.2 Å². The predicted molar refractivity (Wildman–Crippen MR) is 105 cm³/mol. The number of ether oxygens (including phenoxy) is 3. The molecule has 0 N–H and O–H groups in total. The SMILES string of the molecule is CCOC(=O)c1c(OC)c(OCC)n(-c2ccccc2)c1-c1ccccc1. The largest absolute Gasteiger partial charge is 0.491 e. The van der Waals surface area contributed by atoms with Crippen LogP contribution >= 0.6 is 0 Å². The van der Waals surface area contributed by atoms with E-state index >= 15 is 0 Å². The number of carbonyl (C=O) groups excluding carboxylic acids is 1. The first-order chi connectivity index (χ1) is 13.2. The van der Waals surface area contributed by atoms with Gasteiger partial charge in [0.15, 0.2) is 5.75 Å². The minimum Gasteiger partial charge on any atom is -0.491 e. The van der Waals surface area contributed by atoms with E-state index in [2.05, 4.69) is 0 Å². The zero-order valence-electron chi connectivity index (χ0n) is 15.8. The Morgan fingerprint density at radius 2 is 1.56 bits per heavy atom. The summed E-state index contributed by atoms with van der Waals surface area (Å²) in [7, 11) is 1.53. The van der Waals surface area contributed by atoms with Gasteiger partial charge in [0.2, 0.25) is 5.88 Å². The quantitative estimate of drug-likeness (QED) is 0.568. The smallest absolute Gasteiger partial charge is 0.344 e. The highest BCUT2D eigenvalue weighted by molar-refractivity contribution is 6.01. The highest BCUT2D eigenvalue weighted by Crippen LogP contribution is 2.44. The summed E-state index contributed by atoms with van der Waals surface area (Å²) in [5.74, 6) is 0.412. The van der Waals surface area contributed by atoms with Gasteiger partial charge in [0.1, 0.15) is 5.56 Å². The fraction of sp³-hybridized carbons (Fsp3) is 0.227. The van der Waals surface area contributed by atoms with E-state index in [1.165, 1.54) is 7.11 Å². The number of hydrogen-bond donors (Lipinski definition) is 0. The van der Waals surface area contributed by atoms with Crippen LogP contribution in [0, 0.1) is 0 Å². The molecule has 5 heteroatoms. The molecule has 0 amide bonds. The van der Waals surface area contributed by atoms with Crippen molar-refractivity contribution in [2.75, 3.05) is 20.3 Å². The average molecular weight is 365 g/mol. The maximum Gasteiger partial charge on any atom is 0.344 e. The van der Waals surface area contributed by atoms with Gasteiger partial charge in [0.05, 0.1) is 26.0 Å². The number of rotatable bonds is 7. The lowest BCUT2D eigenvalue weighted by molar-refractivity contribution is 0.0523. The number of aromatic nitrogens is 1. The lowest BCUT2D eigenvalue weighted by atomic mass is 10.1. The average Bonchev–Trinajstić information content (AvgIpc) is 3.04. The van der Waals surface area contributed by atoms with E-state index in [4.69, 9.17) is 14.2 Å². The predicted octanol–water partition coefficient (Wildman–Crippen LogP) is 4.73. The third kappa shape index (κ3) is 3.53. The van der Waals surface area contributed by atoms with Crippen LogP contribution in [0.15, 0.2) is 60.7 Å². The van der Waals surface area contributed by atoms with Gasteiger partial charge < -0.3 is 14.2 Å². The second kappa shape index (κ2) is 8.45. The van der Waals surface area contributed by atoms with Crippen molar-refractivity contribution in [2.24, 2.45) is 0 Å². The molecule has 0 atom stereocenters. The minimum atomic E-state index is -0.441. The van der Waals surface area contributed by atoms with Crippen molar-refractivity contribution < 1.29 is 19.0 Å². The van der Waals surface area contributed by atoms with E-state index in [-0.39, 0.29) is 6.61 Å². The molecule has 140 valence electrons. The number of para-hydroxylation sites is 1. The first-order valence-electron chi connectivity index (χ1n) is 8.96. The Kier molecular flexibility index (Phi) is 5.81. The highest BCUT2D eigenvalue weighted by atomic mass is 16.5. The fourth-order valence-corrected chi connectivity index (χ4v) is 3.07. The van der Waals surface area contributed by atoms with E-state index in [9.17, 15) is 4.79 Å². The van der Waals surface area contributed by atoms with Crippen molar-refractivity contribution in [1.29, 1.82) is 0 Å². The van der Waals surface area contributed by atoms with Gasteiger partial charge in [0.25, 0.3) is 0 Å². The molecule has 3 rings (SSSR count). The first-order valence-corrected chi connectivity index (χ1v) is 8.96. The van der Waals surface area contributed by atoms with Crippen LogP contribution in [-0.4, -0.2) is 30.9 Å². The molecule has 0 bridgehead atoms. The molecular weight excluding hydrogens is 342 g/mol. The summed E-state index contributed by atoms with van der Waals surface area (Å²) in [5, 5.41) is 0. The van der Waals surface area contributed by atoms with Crippen LogP contribution in [0.25, 0.3) is 16.9 Å². The number of nitrogens with zero attached hydrogens (tertiary/aromatic N) is 1. The van der Waals surface area contributed by atoms with Crippen molar-refractivity contribution in [2.45, 2.75) is 13.8 Å². The highest BCUT2D eigenvalue weighted by Gasteiger charge is 2.32. The Bertz CT molecular complexity index is 901. The van der Waals surface area contributed by atoms with E-state index in [0.29, 0.717) is 29.5 Å². The van der Waals surface area contributed by atoms with Gasteiger partial charge in [-0.05, 0) is 31.5 Å². The Balaban J connectivity index is 2.40. The van der Waals surface area contributed by atoms with Gasteiger partial charge in [-0.2, -0.15) is 0 Å². The first kappa shape index (κ1) is 18.6. The molecule has 27 heavy (non-hydrogen) atoms. The standard InChI is InChI=1S/C22H23NO4/c1-4-26-21-20(25-3)18(22(24)27-5-2)19(16-12-8-6-9-13-16)23(21)17-14-10-7-11-15-17/h6-15H,4-5H2,1-3H3. The molecule has 0 fully saturated rings. The summed E-state index contributed by atoms with van der Waals surface area (Å²) in [4.78, 5) is 12.8. The minimum absolute atomic E-state index is 0.275. The molecule has 2 aromatic carbocycles. The summed E-state index contributed by atoms with van der Waals surface area (Å²) in [6.45, 7) is 4.39. The summed E-state index contributed by atoms with van der Waals surface area (Å²) in [6, 6.07) is 19.4. The molecular formula is C22H23NO4. The van der Waals surface area contributed by atoms with Crippen LogP contribution in [0.3, 0.4) is 0 Å². The van der Waals surface area contributed by atoms with Gasteiger partial charge in [-0.15, -0.1) is 0 Å². The molecule has 1 aromatic heterocycles. The van der Waals surface area contributed by atoms with Crippen LogP contribution < -0.4 is 9.47 Å². The van der Waals surface area contributed by atoms with Crippen molar-refractivity contribution >= 4 is 5.97 Å². The topological polar surface area (TPSA) is 49.7 Å². The monoisotopic (exact) mass is 365 g/mol. The molecule has 0 radical (unpaired) electrons. The molecule has 5 nitrogen and oxygen atoms in total. The lowest BCUT2D eigenvalue weighted by Gasteiger charge is -2.14. The third-order valence-corrected chi connectivity index (χ3v) is 4.11. The van der Waals surface area contributed by atoms with Crippen molar-refractivity contribution in [1.82, 2.24) is 4.57 Å². The zero-order chi connectivity index (χ0) is 19.2. The molecule has 0 aliphatic heterocycles. The molecule has 0 spiro atoms. The van der Waals surface area contributed by atoms with Gasteiger partial charge in [-0.1, -0.05) is 48.5 Å². The van der Waals surface area contributed by atoms with E-state index < -0.39 is 5.97 Å². The maximum absolute atomic E-state index is 12.8. The number of hydrogen-bond acceptors (Lipinski definition) is 4. The number of benzene rings is 2. The van der Waals surface area contributed by atoms with Gasteiger partial charge in [0, 0.05) is 5.69 Å². The maximum atomic E-state index is 12.8. The summed E-state index contributed by atoms with van der Waals surface area (Å²) < 4.78 is 18.8. The lowest BCUT2D eigenvalue weighted by Crippen LogP contribution is -2.08. The zero-order valence-corrected chi connectivity index (χ0v) is 15.8. The van der Waals surface area contributed by atoms with Gasteiger partial charge in [-0.3, -0.25) is 4.57 Å². The number of esters is 1. The Hall–Kier alpha value is -3.21. The van der Waals surface area contributed by atoms with Crippen LogP contribution in [0.5, 0.6) is 11.6 Å². The molecule has 0 saturated heterocycles. The van der Waals surface area contributed by atoms with Crippen molar-refractivity contribution in [3.8, 4) is 28.6 Å². The van der Waals surface area contributed by atoms with Crippen molar-refractivity contribution in [3.05, 3.63) is 66.2 Å². The van der Waals surface area contributed by atoms with Gasteiger partial charge in [-0.25, -0.2) is 4.79 Å². The molecule has 1 heterocycles. The van der Waals surface area contributed by atoms with Crippen LogP contribution in [0.1, 0.15) is 24.2 Å². The van der Waals surface area contributed by atoms with Crippen LogP contribution in [0.2, 0.25) is 0 Å².